The van der Waals surface area contributed by atoms with Crippen LogP contribution in [0.3, 0.4) is 0 Å². The third kappa shape index (κ3) is 1.75. The van der Waals surface area contributed by atoms with Crippen molar-refractivity contribution in [1.29, 1.82) is 0 Å². The molecule has 1 aromatic carbocycles. The molecule has 0 bridgehead atoms. The molecule has 2 aliphatic rings. The molecule has 1 heterocycles. The van der Waals surface area contributed by atoms with E-state index in [2.05, 4.69) is 26.0 Å². The minimum absolute atomic E-state index is 0.0497. The highest BCUT2D eigenvalue weighted by Gasteiger charge is 2.42. The van der Waals surface area contributed by atoms with Crippen molar-refractivity contribution in [2.45, 2.75) is 57.6 Å². The third-order valence-corrected chi connectivity index (χ3v) is 4.46. The van der Waals surface area contributed by atoms with E-state index in [1.807, 2.05) is 0 Å². The summed E-state index contributed by atoms with van der Waals surface area (Å²) in [6.07, 6.45) is 5.91. The van der Waals surface area contributed by atoms with Crippen LogP contribution in [0.4, 0.5) is 0 Å². The Labute approximate surface area is 103 Å². The molecule has 1 fully saturated rings. The lowest BCUT2D eigenvalue weighted by molar-refractivity contribution is 0.0425. The minimum Gasteiger partial charge on any atom is -0.487 e. The second kappa shape index (κ2) is 3.74. The summed E-state index contributed by atoms with van der Waals surface area (Å²) in [7, 11) is 0. The van der Waals surface area contributed by atoms with Gasteiger partial charge in [-0.3, -0.25) is 0 Å². The van der Waals surface area contributed by atoms with E-state index >= 15 is 0 Å². The van der Waals surface area contributed by atoms with E-state index in [0.29, 0.717) is 0 Å². The van der Waals surface area contributed by atoms with Gasteiger partial charge >= 0.3 is 0 Å². The van der Waals surface area contributed by atoms with Gasteiger partial charge in [0, 0.05) is 18.0 Å². The highest BCUT2D eigenvalue weighted by molar-refractivity contribution is 5.45. The molecule has 1 spiro atoms. The summed E-state index contributed by atoms with van der Waals surface area (Å²) in [6, 6.07) is 4.53. The van der Waals surface area contributed by atoms with Crippen LogP contribution in [0.2, 0.25) is 0 Å². The van der Waals surface area contributed by atoms with Crippen molar-refractivity contribution in [2.75, 3.05) is 0 Å². The number of aryl methyl sites for hydroxylation is 2. The largest absolute Gasteiger partial charge is 0.487 e. The van der Waals surface area contributed by atoms with Crippen molar-refractivity contribution >= 4 is 0 Å². The average molecular weight is 231 g/mol. The molecule has 2 N–H and O–H groups in total. The van der Waals surface area contributed by atoms with Crippen molar-refractivity contribution in [2.24, 2.45) is 5.73 Å². The van der Waals surface area contributed by atoms with Crippen molar-refractivity contribution in [3.8, 4) is 5.75 Å². The third-order valence-electron chi connectivity index (χ3n) is 4.46. The van der Waals surface area contributed by atoms with E-state index in [1.54, 1.807) is 0 Å². The summed E-state index contributed by atoms with van der Waals surface area (Å²) >= 11 is 0. The summed E-state index contributed by atoms with van der Waals surface area (Å²) in [6.45, 7) is 4.28. The minimum atomic E-state index is 0.0497. The van der Waals surface area contributed by atoms with Crippen LogP contribution in [-0.2, 0) is 0 Å². The van der Waals surface area contributed by atoms with Gasteiger partial charge in [-0.1, -0.05) is 6.07 Å². The molecular weight excluding hydrogens is 210 g/mol. The Balaban J connectivity index is 2.03. The second-order valence-corrected chi connectivity index (χ2v) is 5.78. The van der Waals surface area contributed by atoms with E-state index in [-0.39, 0.29) is 11.6 Å². The molecule has 1 aliphatic carbocycles. The fourth-order valence-corrected chi connectivity index (χ4v) is 3.30. The van der Waals surface area contributed by atoms with Crippen molar-refractivity contribution in [3.63, 3.8) is 0 Å². The first-order valence-corrected chi connectivity index (χ1v) is 6.65. The molecular formula is C15H21NO. The molecule has 0 saturated heterocycles. The first-order valence-electron chi connectivity index (χ1n) is 6.65. The quantitative estimate of drug-likeness (QED) is 0.742. The predicted octanol–water partition coefficient (Wildman–Crippen LogP) is 3.40. The van der Waals surface area contributed by atoms with Gasteiger partial charge in [0.05, 0.1) is 0 Å². The molecule has 0 aromatic heterocycles. The molecule has 1 unspecified atom stereocenters. The van der Waals surface area contributed by atoms with Gasteiger partial charge in [-0.15, -0.1) is 0 Å². The van der Waals surface area contributed by atoms with Gasteiger partial charge in [-0.25, -0.2) is 0 Å². The first kappa shape index (κ1) is 11.1. The Hall–Kier alpha value is -1.02. The van der Waals surface area contributed by atoms with E-state index in [0.717, 1.165) is 12.2 Å². The molecule has 17 heavy (non-hydrogen) atoms. The summed E-state index contributed by atoms with van der Waals surface area (Å²) in [4.78, 5) is 0. The van der Waals surface area contributed by atoms with E-state index in [9.17, 15) is 0 Å². The van der Waals surface area contributed by atoms with Crippen LogP contribution in [0.25, 0.3) is 0 Å². The lowest BCUT2D eigenvalue weighted by Crippen LogP contribution is -2.40. The Bertz CT molecular complexity index is 446. The molecule has 3 rings (SSSR count). The van der Waals surface area contributed by atoms with Crippen LogP contribution in [0.5, 0.6) is 5.75 Å². The fourth-order valence-electron chi connectivity index (χ4n) is 3.30. The zero-order valence-electron chi connectivity index (χ0n) is 10.8. The van der Waals surface area contributed by atoms with Crippen molar-refractivity contribution < 1.29 is 4.74 Å². The van der Waals surface area contributed by atoms with Gasteiger partial charge in [-0.2, -0.15) is 0 Å². The van der Waals surface area contributed by atoms with Gasteiger partial charge < -0.3 is 10.5 Å². The summed E-state index contributed by atoms with van der Waals surface area (Å²) in [5.41, 5.74) is 10.2. The van der Waals surface area contributed by atoms with Crippen LogP contribution in [0.15, 0.2) is 12.1 Å². The second-order valence-electron chi connectivity index (χ2n) is 5.78. The monoisotopic (exact) mass is 231 g/mol. The number of benzene rings is 1. The highest BCUT2D eigenvalue weighted by Crippen LogP contribution is 2.46. The number of hydrogen-bond acceptors (Lipinski definition) is 2. The topological polar surface area (TPSA) is 35.2 Å². The molecule has 0 radical (unpaired) electrons. The smallest absolute Gasteiger partial charge is 0.125 e. The van der Waals surface area contributed by atoms with Gasteiger partial charge in [0.15, 0.2) is 0 Å². The summed E-state index contributed by atoms with van der Waals surface area (Å²) in [5, 5.41) is 0. The number of ether oxygens (including phenoxy) is 1. The zero-order chi connectivity index (χ0) is 12.0. The van der Waals surface area contributed by atoms with E-state index in [4.69, 9.17) is 10.5 Å². The molecule has 1 saturated carbocycles. The van der Waals surface area contributed by atoms with E-state index < -0.39 is 0 Å². The van der Waals surface area contributed by atoms with Gasteiger partial charge in [0.1, 0.15) is 11.4 Å². The Morgan fingerprint density at radius 2 is 1.82 bits per heavy atom. The van der Waals surface area contributed by atoms with Crippen molar-refractivity contribution in [3.05, 3.63) is 28.8 Å². The van der Waals surface area contributed by atoms with Gasteiger partial charge in [-0.05, 0) is 56.7 Å². The van der Waals surface area contributed by atoms with Crippen LogP contribution in [-0.4, -0.2) is 5.60 Å². The molecule has 2 heteroatoms. The molecule has 1 atom stereocenters. The summed E-state index contributed by atoms with van der Waals surface area (Å²) < 4.78 is 6.31. The Kier molecular flexibility index (Phi) is 2.44. The predicted molar refractivity (Wildman–Crippen MR) is 69.3 cm³/mol. The maximum atomic E-state index is 6.34. The Morgan fingerprint density at radius 3 is 2.53 bits per heavy atom. The highest BCUT2D eigenvalue weighted by atomic mass is 16.5. The number of hydrogen-bond donors (Lipinski definition) is 1. The maximum absolute atomic E-state index is 6.34. The van der Waals surface area contributed by atoms with Crippen LogP contribution >= 0.6 is 0 Å². The van der Waals surface area contributed by atoms with Gasteiger partial charge in [0.2, 0.25) is 0 Å². The molecule has 1 aliphatic heterocycles. The fraction of sp³-hybridized carbons (Fsp3) is 0.600. The molecule has 2 nitrogen and oxygen atoms in total. The first-order chi connectivity index (χ1) is 8.10. The van der Waals surface area contributed by atoms with Crippen LogP contribution in [0, 0.1) is 13.8 Å². The molecule has 92 valence electrons. The standard InChI is InChI=1S/C15H21NO/c1-10-7-12-13(16)9-15(5-3-4-6-15)17-14(12)8-11(10)2/h7-8,13H,3-6,9,16H2,1-2H3. The zero-order valence-corrected chi connectivity index (χ0v) is 10.8. The maximum Gasteiger partial charge on any atom is 0.125 e. The lowest BCUT2D eigenvalue weighted by Gasteiger charge is -2.39. The number of rotatable bonds is 0. The molecule has 1 aromatic rings. The SMILES string of the molecule is Cc1cc2c(cc1C)C(N)CC1(CCCC1)O2. The average Bonchev–Trinajstić information content (AvgIpc) is 2.70. The van der Waals surface area contributed by atoms with Crippen LogP contribution < -0.4 is 10.5 Å². The number of fused-ring (bicyclic) bond motifs is 1. The van der Waals surface area contributed by atoms with Crippen LogP contribution in [0.1, 0.15) is 54.8 Å². The lowest BCUT2D eigenvalue weighted by atomic mass is 9.85. The molecule has 0 amide bonds. The number of nitrogens with two attached hydrogens (primary N) is 1. The Morgan fingerprint density at radius 1 is 1.18 bits per heavy atom. The van der Waals surface area contributed by atoms with Gasteiger partial charge in [0.25, 0.3) is 0 Å². The normalized spacial score (nSPS) is 25.7. The summed E-state index contributed by atoms with van der Waals surface area (Å²) in [5.74, 6) is 1.04. The van der Waals surface area contributed by atoms with E-state index in [1.165, 1.54) is 42.4 Å². The van der Waals surface area contributed by atoms with Crippen molar-refractivity contribution in [1.82, 2.24) is 0 Å².